The van der Waals surface area contributed by atoms with Gasteiger partial charge in [0, 0.05) is 55.4 Å². The van der Waals surface area contributed by atoms with Crippen molar-refractivity contribution in [3.63, 3.8) is 0 Å². The fraction of sp³-hybridized carbons (Fsp3) is 0.385. The summed E-state index contributed by atoms with van der Waals surface area (Å²) in [7, 11) is 0. The predicted molar refractivity (Wildman–Crippen MR) is 132 cm³/mol. The van der Waals surface area contributed by atoms with Crippen LogP contribution >= 0.6 is 11.3 Å². The first-order valence-electron chi connectivity index (χ1n) is 11.6. The fourth-order valence-corrected chi connectivity index (χ4v) is 6.43. The monoisotopic (exact) mass is 446 g/mol. The number of aryl methyl sites for hydroxylation is 1. The summed E-state index contributed by atoms with van der Waals surface area (Å²) in [5, 5.41) is 4.19. The SMILES string of the molecule is CC(=O)Nc1sc2c(c1[C@H](c1ccccn1)N1CCN(c3ccccc3)CC1)CCCC2. The summed E-state index contributed by atoms with van der Waals surface area (Å²) in [6, 6.07) is 16.9. The van der Waals surface area contributed by atoms with Gasteiger partial charge in [-0.3, -0.25) is 14.7 Å². The van der Waals surface area contributed by atoms with Gasteiger partial charge in [0.1, 0.15) is 5.00 Å². The number of carbonyl (C=O) groups excluding carboxylic acids is 1. The Balaban J connectivity index is 1.51. The Morgan fingerprint density at radius 1 is 1.00 bits per heavy atom. The molecule has 5 nitrogen and oxygen atoms in total. The lowest BCUT2D eigenvalue weighted by Gasteiger charge is -2.40. The van der Waals surface area contributed by atoms with Gasteiger partial charge < -0.3 is 10.2 Å². The number of hydrogen-bond donors (Lipinski definition) is 1. The molecule has 1 aliphatic carbocycles. The Bertz CT molecular complexity index is 1060. The summed E-state index contributed by atoms with van der Waals surface area (Å²) < 4.78 is 0. The molecule has 32 heavy (non-hydrogen) atoms. The molecule has 0 bridgehead atoms. The number of amides is 1. The molecular weight excluding hydrogens is 416 g/mol. The maximum absolute atomic E-state index is 12.1. The van der Waals surface area contributed by atoms with E-state index < -0.39 is 0 Å². The summed E-state index contributed by atoms with van der Waals surface area (Å²) in [5.41, 5.74) is 5.09. The topological polar surface area (TPSA) is 48.5 Å². The second-order valence-electron chi connectivity index (χ2n) is 8.65. The molecular formula is C26H30N4OS. The Labute approximate surface area is 194 Å². The highest BCUT2D eigenvalue weighted by Crippen LogP contribution is 2.45. The van der Waals surface area contributed by atoms with Crippen LogP contribution in [0.1, 0.15) is 47.5 Å². The second-order valence-corrected chi connectivity index (χ2v) is 9.76. The molecule has 0 radical (unpaired) electrons. The zero-order valence-electron chi connectivity index (χ0n) is 18.6. The minimum atomic E-state index is -0.00138. The van der Waals surface area contributed by atoms with Gasteiger partial charge >= 0.3 is 0 Å². The quantitative estimate of drug-likeness (QED) is 0.606. The van der Waals surface area contributed by atoms with Gasteiger partial charge in [0.25, 0.3) is 0 Å². The molecule has 6 heteroatoms. The lowest BCUT2D eigenvalue weighted by Crippen LogP contribution is -2.48. The highest BCUT2D eigenvalue weighted by Gasteiger charge is 2.34. The molecule has 2 aliphatic rings. The predicted octanol–water partition coefficient (Wildman–Crippen LogP) is 4.89. The molecule has 166 valence electrons. The Kier molecular flexibility index (Phi) is 6.23. The highest BCUT2D eigenvalue weighted by molar-refractivity contribution is 7.16. The van der Waals surface area contributed by atoms with Crippen LogP contribution in [0.4, 0.5) is 10.7 Å². The van der Waals surface area contributed by atoms with Crippen LogP contribution in [0.25, 0.3) is 0 Å². The van der Waals surface area contributed by atoms with Gasteiger partial charge in [0.15, 0.2) is 0 Å². The first-order chi connectivity index (χ1) is 15.7. The number of piperazine rings is 1. The number of carbonyl (C=O) groups is 1. The van der Waals surface area contributed by atoms with E-state index in [0.29, 0.717) is 0 Å². The van der Waals surface area contributed by atoms with Crippen molar-refractivity contribution >= 4 is 27.9 Å². The van der Waals surface area contributed by atoms with E-state index in [4.69, 9.17) is 4.98 Å². The van der Waals surface area contributed by atoms with Gasteiger partial charge in [0.05, 0.1) is 11.7 Å². The smallest absolute Gasteiger partial charge is 0.221 e. The van der Waals surface area contributed by atoms with Crippen LogP contribution in [0, 0.1) is 0 Å². The van der Waals surface area contributed by atoms with E-state index in [1.807, 2.05) is 12.3 Å². The minimum Gasteiger partial charge on any atom is -0.369 e. The second kappa shape index (κ2) is 9.43. The summed E-state index contributed by atoms with van der Waals surface area (Å²) in [4.78, 5) is 23.3. The van der Waals surface area contributed by atoms with Crippen LogP contribution in [0.2, 0.25) is 0 Å². The molecule has 3 heterocycles. The Morgan fingerprint density at radius 2 is 1.75 bits per heavy atom. The van der Waals surface area contributed by atoms with Crippen molar-refractivity contribution in [1.29, 1.82) is 0 Å². The number of rotatable bonds is 5. The first kappa shape index (κ1) is 21.2. The van der Waals surface area contributed by atoms with Gasteiger partial charge in [-0.2, -0.15) is 0 Å². The average Bonchev–Trinajstić information content (AvgIpc) is 3.18. The van der Waals surface area contributed by atoms with E-state index in [0.717, 1.165) is 49.7 Å². The number of para-hydroxylation sites is 1. The third-order valence-corrected chi connectivity index (χ3v) is 7.77. The molecule has 1 N–H and O–H groups in total. The summed E-state index contributed by atoms with van der Waals surface area (Å²) >= 11 is 1.78. The van der Waals surface area contributed by atoms with E-state index >= 15 is 0 Å². The van der Waals surface area contributed by atoms with Crippen molar-refractivity contribution in [2.75, 3.05) is 36.4 Å². The van der Waals surface area contributed by atoms with E-state index in [1.165, 1.54) is 34.5 Å². The van der Waals surface area contributed by atoms with Crippen molar-refractivity contribution in [2.45, 2.75) is 38.6 Å². The first-order valence-corrected chi connectivity index (χ1v) is 12.4. The molecule has 1 aromatic carbocycles. The number of anilines is 2. The fourth-order valence-electron chi connectivity index (χ4n) is 5.06. The molecule has 3 aromatic rings. The van der Waals surface area contributed by atoms with Gasteiger partial charge in [-0.1, -0.05) is 24.3 Å². The number of aromatic nitrogens is 1. The standard InChI is InChI=1S/C26H30N4OS/c1-19(31)28-26-24(21-11-5-6-13-23(21)32-26)25(22-12-7-8-14-27-22)30-17-15-29(16-18-30)20-9-3-2-4-10-20/h2-4,7-10,12,14,25H,5-6,11,13,15-18H2,1H3,(H,28,31)/t25-/m0/s1. The minimum absolute atomic E-state index is 0.00138. The molecule has 1 fully saturated rings. The van der Waals surface area contributed by atoms with E-state index in [1.54, 1.807) is 18.3 Å². The van der Waals surface area contributed by atoms with E-state index in [2.05, 4.69) is 57.6 Å². The van der Waals surface area contributed by atoms with Crippen molar-refractivity contribution in [3.05, 3.63) is 76.4 Å². The number of fused-ring (bicyclic) bond motifs is 1. The van der Waals surface area contributed by atoms with Crippen LogP contribution in [-0.2, 0) is 17.6 Å². The maximum Gasteiger partial charge on any atom is 0.221 e. The summed E-state index contributed by atoms with van der Waals surface area (Å²) in [6.07, 6.45) is 6.54. The van der Waals surface area contributed by atoms with Crippen molar-refractivity contribution in [1.82, 2.24) is 9.88 Å². The molecule has 1 aliphatic heterocycles. The van der Waals surface area contributed by atoms with Crippen LogP contribution < -0.4 is 10.2 Å². The van der Waals surface area contributed by atoms with Crippen LogP contribution in [0.3, 0.4) is 0 Å². The lowest BCUT2D eigenvalue weighted by atomic mass is 9.90. The molecule has 0 spiro atoms. The number of nitrogens with one attached hydrogen (secondary N) is 1. The molecule has 1 saturated heterocycles. The number of benzene rings is 1. The van der Waals surface area contributed by atoms with Gasteiger partial charge in [-0.05, 0) is 55.5 Å². The molecule has 5 rings (SSSR count). The number of hydrogen-bond acceptors (Lipinski definition) is 5. The van der Waals surface area contributed by atoms with Gasteiger partial charge in [-0.15, -0.1) is 11.3 Å². The van der Waals surface area contributed by atoms with Crippen molar-refractivity contribution in [2.24, 2.45) is 0 Å². The van der Waals surface area contributed by atoms with E-state index in [-0.39, 0.29) is 11.9 Å². The van der Waals surface area contributed by atoms with Crippen LogP contribution in [0.5, 0.6) is 0 Å². The van der Waals surface area contributed by atoms with Gasteiger partial charge in [-0.25, -0.2) is 0 Å². The molecule has 2 aromatic heterocycles. The third kappa shape index (κ3) is 4.30. The molecule has 0 saturated carbocycles. The Hall–Kier alpha value is -2.70. The van der Waals surface area contributed by atoms with Gasteiger partial charge in [0.2, 0.25) is 5.91 Å². The number of pyridine rings is 1. The van der Waals surface area contributed by atoms with Crippen molar-refractivity contribution in [3.8, 4) is 0 Å². The highest BCUT2D eigenvalue weighted by atomic mass is 32.1. The van der Waals surface area contributed by atoms with Crippen molar-refractivity contribution < 1.29 is 4.79 Å². The molecule has 1 atom stereocenters. The molecule has 0 unspecified atom stereocenters. The normalized spacial score (nSPS) is 17.6. The Morgan fingerprint density at radius 3 is 2.47 bits per heavy atom. The van der Waals surface area contributed by atoms with E-state index in [9.17, 15) is 4.79 Å². The molecule has 1 amide bonds. The third-order valence-electron chi connectivity index (χ3n) is 6.54. The summed E-state index contributed by atoms with van der Waals surface area (Å²) in [6.45, 7) is 5.49. The summed E-state index contributed by atoms with van der Waals surface area (Å²) in [5.74, 6) is -0.00138. The number of thiophene rings is 1. The average molecular weight is 447 g/mol. The zero-order chi connectivity index (χ0) is 21.9. The van der Waals surface area contributed by atoms with Crippen LogP contribution in [0.15, 0.2) is 54.7 Å². The lowest BCUT2D eigenvalue weighted by molar-refractivity contribution is -0.114. The number of nitrogens with zero attached hydrogens (tertiary/aromatic N) is 3. The largest absolute Gasteiger partial charge is 0.369 e. The van der Waals surface area contributed by atoms with Crippen LogP contribution in [-0.4, -0.2) is 42.0 Å². The zero-order valence-corrected chi connectivity index (χ0v) is 19.4. The maximum atomic E-state index is 12.1.